The van der Waals surface area contributed by atoms with E-state index in [-0.39, 0.29) is 12.1 Å². The number of piperazine rings is 1. The summed E-state index contributed by atoms with van der Waals surface area (Å²) < 4.78 is 5.48. The van der Waals surface area contributed by atoms with E-state index in [4.69, 9.17) is 10.5 Å². The Kier molecular flexibility index (Phi) is 3.58. The maximum absolute atomic E-state index is 9.75. The highest BCUT2D eigenvalue weighted by molar-refractivity contribution is 4.88. The molecule has 15 heavy (non-hydrogen) atoms. The normalized spacial score (nSPS) is 39.8. The molecule has 0 aromatic heterocycles. The maximum atomic E-state index is 9.75. The molecule has 2 rings (SSSR count). The monoisotopic (exact) mass is 215 g/mol. The molecule has 0 aliphatic carbocycles. The van der Waals surface area contributed by atoms with E-state index in [9.17, 15) is 5.11 Å². The van der Waals surface area contributed by atoms with Gasteiger partial charge in [0, 0.05) is 32.7 Å². The van der Waals surface area contributed by atoms with Gasteiger partial charge in [-0.3, -0.25) is 4.90 Å². The van der Waals surface area contributed by atoms with Crippen molar-refractivity contribution in [1.82, 2.24) is 9.80 Å². The third kappa shape index (κ3) is 2.68. The van der Waals surface area contributed by atoms with E-state index in [1.54, 1.807) is 0 Å². The fourth-order valence-corrected chi connectivity index (χ4v) is 2.15. The van der Waals surface area contributed by atoms with E-state index in [0.717, 1.165) is 32.7 Å². The molecule has 5 nitrogen and oxygen atoms in total. The second kappa shape index (κ2) is 4.76. The Balaban J connectivity index is 1.77. The number of nitrogens with two attached hydrogens (primary N) is 1. The van der Waals surface area contributed by atoms with Crippen LogP contribution >= 0.6 is 0 Å². The molecule has 2 saturated heterocycles. The first-order chi connectivity index (χ1) is 7.16. The van der Waals surface area contributed by atoms with Gasteiger partial charge in [-0.15, -0.1) is 0 Å². The second-order valence-corrected chi connectivity index (χ2v) is 4.63. The zero-order valence-corrected chi connectivity index (χ0v) is 9.30. The van der Waals surface area contributed by atoms with Crippen LogP contribution in [0.1, 0.15) is 0 Å². The van der Waals surface area contributed by atoms with Crippen LogP contribution in [0, 0.1) is 0 Å². The lowest BCUT2D eigenvalue weighted by molar-refractivity contribution is 0.00659. The standard InChI is InChI=1S/C10H21N3O2/c1-12-2-4-13(5-3-12)6-9-10(14)8(11)7-15-9/h8-10,14H,2-7,11H2,1H3. The lowest BCUT2D eigenvalue weighted by Crippen LogP contribution is -2.49. The average molecular weight is 215 g/mol. The van der Waals surface area contributed by atoms with Crippen molar-refractivity contribution >= 4 is 0 Å². The van der Waals surface area contributed by atoms with E-state index in [0.29, 0.717) is 6.61 Å². The lowest BCUT2D eigenvalue weighted by atomic mass is 10.1. The second-order valence-electron chi connectivity index (χ2n) is 4.63. The predicted octanol–water partition coefficient (Wildman–Crippen LogP) is -1.68. The number of aliphatic hydroxyl groups excluding tert-OH is 1. The summed E-state index contributed by atoms with van der Waals surface area (Å²) in [6, 6.07) is -0.206. The molecule has 0 radical (unpaired) electrons. The van der Waals surface area contributed by atoms with Crippen molar-refractivity contribution < 1.29 is 9.84 Å². The number of hydrogen-bond acceptors (Lipinski definition) is 5. The molecule has 5 heteroatoms. The zero-order chi connectivity index (χ0) is 10.8. The topological polar surface area (TPSA) is 62.0 Å². The number of likely N-dealkylation sites (N-methyl/N-ethyl adjacent to an activating group) is 1. The highest BCUT2D eigenvalue weighted by atomic mass is 16.5. The molecule has 3 N–H and O–H groups in total. The Labute approximate surface area is 90.8 Å². The Morgan fingerprint density at radius 1 is 1.33 bits per heavy atom. The summed E-state index contributed by atoms with van der Waals surface area (Å²) in [5, 5.41) is 9.75. The van der Waals surface area contributed by atoms with Gasteiger partial charge in [0.05, 0.1) is 24.9 Å². The molecule has 3 unspecified atom stereocenters. The zero-order valence-electron chi connectivity index (χ0n) is 9.30. The van der Waals surface area contributed by atoms with Gasteiger partial charge in [0.2, 0.25) is 0 Å². The fourth-order valence-electron chi connectivity index (χ4n) is 2.15. The minimum absolute atomic E-state index is 0.0941. The summed E-state index contributed by atoms with van der Waals surface area (Å²) in [6.07, 6.45) is -0.590. The van der Waals surface area contributed by atoms with E-state index in [2.05, 4.69) is 16.8 Å². The van der Waals surface area contributed by atoms with Crippen LogP contribution in [0.4, 0.5) is 0 Å². The van der Waals surface area contributed by atoms with Crippen LogP contribution in [0.5, 0.6) is 0 Å². The summed E-state index contributed by atoms with van der Waals surface area (Å²) in [5.41, 5.74) is 5.69. The number of ether oxygens (including phenoxy) is 1. The third-order valence-corrected chi connectivity index (χ3v) is 3.36. The van der Waals surface area contributed by atoms with Gasteiger partial charge in [0.25, 0.3) is 0 Å². The van der Waals surface area contributed by atoms with Gasteiger partial charge >= 0.3 is 0 Å². The highest BCUT2D eigenvalue weighted by Gasteiger charge is 2.34. The fraction of sp³-hybridized carbons (Fsp3) is 1.00. The van der Waals surface area contributed by atoms with Gasteiger partial charge < -0.3 is 20.5 Å². The Morgan fingerprint density at radius 2 is 2.00 bits per heavy atom. The van der Waals surface area contributed by atoms with Gasteiger partial charge in [-0.1, -0.05) is 0 Å². The molecule has 0 aromatic carbocycles. The van der Waals surface area contributed by atoms with E-state index >= 15 is 0 Å². The molecule has 0 amide bonds. The SMILES string of the molecule is CN1CCN(CC2OCC(N)C2O)CC1. The molecule has 2 heterocycles. The van der Waals surface area contributed by atoms with Crippen molar-refractivity contribution in [3.8, 4) is 0 Å². The maximum Gasteiger partial charge on any atom is 0.0987 e. The summed E-state index contributed by atoms with van der Waals surface area (Å²) in [5.74, 6) is 0. The van der Waals surface area contributed by atoms with E-state index in [1.807, 2.05) is 0 Å². The van der Waals surface area contributed by atoms with Gasteiger partial charge in [-0.2, -0.15) is 0 Å². The number of aliphatic hydroxyl groups is 1. The first kappa shape index (κ1) is 11.3. The van der Waals surface area contributed by atoms with Crippen molar-refractivity contribution in [3.05, 3.63) is 0 Å². The molecule has 3 atom stereocenters. The van der Waals surface area contributed by atoms with Crippen molar-refractivity contribution in [3.63, 3.8) is 0 Å². The van der Waals surface area contributed by atoms with Gasteiger partial charge in [0.15, 0.2) is 0 Å². The smallest absolute Gasteiger partial charge is 0.0987 e. The van der Waals surface area contributed by atoms with Crippen molar-refractivity contribution in [1.29, 1.82) is 0 Å². The average Bonchev–Trinajstić information content (AvgIpc) is 2.53. The quantitative estimate of drug-likeness (QED) is 0.576. The van der Waals surface area contributed by atoms with Crippen LogP contribution in [0.15, 0.2) is 0 Å². The Bertz CT molecular complexity index is 207. The molecule has 2 aliphatic rings. The molecule has 0 saturated carbocycles. The van der Waals surface area contributed by atoms with Crippen molar-refractivity contribution in [2.75, 3.05) is 46.4 Å². The number of nitrogens with zero attached hydrogens (tertiary/aromatic N) is 2. The van der Waals surface area contributed by atoms with Crippen molar-refractivity contribution in [2.24, 2.45) is 5.73 Å². The molecule has 0 spiro atoms. The van der Waals surface area contributed by atoms with E-state index in [1.165, 1.54) is 0 Å². The van der Waals surface area contributed by atoms with Crippen LogP contribution in [0.3, 0.4) is 0 Å². The first-order valence-electron chi connectivity index (χ1n) is 5.63. The summed E-state index contributed by atoms with van der Waals surface area (Å²) in [6.45, 7) is 5.59. The number of rotatable bonds is 2. The summed E-state index contributed by atoms with van der Waals surface area (Å²) in [7, 11) is 2.13. The molecule has 0 aromatic rings. The van der Waals surface area contributed by atoms with Gasteiger partial charge in [0.1, 0.15) is 0 Å². The highest BCUT2D eigenvalue weighted by Crippen LogP contribution is 2.14. The molecule has 2 aliphatic heterocycles. The molecular formula is C10H21N3O2. The predicted molar refractivity (Wildman–Crippen MR) is 57.7 cm³/mol. The third-order valence-electron chi connectivity index (χ3n) is 3.36. The lowest BCUT2D eigenvalue weighted by Gasteiger charge is -2.34. The van der Waals surface area contributed by atoms with Crippen molar-refractivity contribution in [2.45, 2.75) is 18.2 Å². The molecule has 2 fully saturated rings. The van der Waals surface area contributed by atoms with Gasteiger partial charge in [-0.25, -0.2) is 0 Å². The van der Waals surface area contributed by atoms with E-state index < -0.39 is 6.10 Å². The molecule has 88 valence electrons. The largest absolute Gasteiger partial charge is 0.389 e. The molecule has 0 bridgehead atoms. The first-order valence-corrected chi connectivity index (χ1v) is 5.63. The van der Waals surface area contributed by atoms with Crippen LogP contribution in [0.2, 0.25) is 0 Å². The van der Waals surface area contributed by atoms with Crippen LogP contribution in [0.25, 0.3) is 0 Å². The van der Waals surface area contributed by atoms with Crippen LogP contribution in [-0.4, -0.2) is 79.5 Å². The molecular weight excluding hydrogens is 194 g/mol. The Hall–Kier alpha value is -0.200. The minimum atomic E-state index is -0.496. The minimum Gasteiger partial charge on any atom is -0.389 e. The summed E-state index contributed by atoms with van der Waals surface area (Å²) in [4.78, 5) is 4.65. The summed E-state index contributed by atoms with van der Waals surface area (Å²) >= 11 is 0. The van der Waals surface area contributed by atoms with Crippen LogP contribution in [-0.2, 0) is 4.74 Å². The number of hydrogen-bond donors (Lipinski definition) is 2. The van der Waals surface area contributed by atoms with Gasteiger partial charge in [-0.05, 0) is 7.05 Å². The Morgan fingerprint density at radius 3 is 2.53 bits per heavy atom. The van der Waals surface area contributed by atoms with Crippen LogP contribution < -0.4 is 5.73 Å².